The highest BCUT2D eigenvalue weighted by molar-refractivity contribution is 5.11. The number of hydrogen-bond acceptors (Lipinski definition) is 3. The second-order valence-corrected chi connectivity index (χ2v) is 4.95. The molecular formula is C13H24N2O. The van der Waals surface area contributed by atoms with Crippen LogP contribution < -0.4 is 5.32 Å². The molecule has 1 aromatic heterocycles. The zero-order chi connectivity index (χ0) is 12.2. The summed E-state index contributed by atoms with van der Waals surface area (Å²) in [4.78, 5) is 2.23. The molecule has 16 heavy (non-hydrogen) atoms. The molecule has 1 unspecified atom stereocenters. The molecule has 0 aliphatic rings. The third-order valence-corrected chi connectivity index (χ3v) is 3.29. The van der Waals surface area contributed by atoms with E-state index in [4.69, 9.17) is 4.42 Å². The second-order valence-electron chi connectivity index (χ2n) is 4.95. The highest BCUT2D eigenvalue weighted by Crippen LogP contribution is 2.29. The number of likely N-dealkylation sites (N-methyl/N-ethyl adjacent to an activating group) is 1. The summed E-state index contributed by atoms with van der Waals surface area (Å²) in [6, 6.07) is 4.21. The Labute approximate surface area is 98.8 Å². The van der Waals surface area contributed by atoms with E-state index in [9.17, 15) is 0 Å². The highest BCUT2D eigenvalue weighted by Gasteiger charge is 2.34. The fraction of sp³-hybridized carbons (Fsp3) is 0.692. The molecule has 1 atom stereocenters. The molecule has 1 aromatic rings. The summed E-state index contributed by atoms with van der Waals surface area (Å²) in [6.45, 7) is 7.63. The van der Waals surface area contributed by atoms with Crippen LogP contribution in [0.1, 0.15) is 39.0 Å². The van der Waals surface area contributed by atoms with Crippen molar-refractivity contribution in [2.75, 3.05) is 20.6 Å². The Balaban J connectivity index is 2.87. The van der Waals surface area contributed by atoms with Gasteiger partial charge in [0, 0.05) is 5.54 Å². The molecule has 92 valence electrons. The molecule has 0 bridgehead atoms. The van der Waals surface area contributed by atoms with Gasteiger partial charge in [-0.15, -0.1) is 0 Å². The summed E-state index contributed by atoms with van der Waals surface area (Å²) in [7, 11) is 4.20. The molecule has 0 fully saturated rings. The van der Waals surface area contributed by atoms with Gasteiger partial charge in [-0.05, 0) is 53.0 Å². The lowest BCUT2D eigenvalue weighted by atomic mass is 9.91. The Kier molecular flexibility index (Phi) is 4.56. The van der Waals surface area contributed by atoms with E-state index in [0.29, 0.717) is 0 Å². The Morgan fingerprint density at radius 1 is 1.44 bits per heavy atom. The summed E-state index contributed by atoms with van der Waals surface area (Å²) < 4.78 is 5.54. The van der Waals surface area contributed by atoms with Gasteiger partial charge in [0.25, 0.3) is 0 Å². The first-order chi connectivity index (χ1) is 7.50. The summed E-state index contributed by atoms with van der Waals surface area (Å²) >= 11 is 0. The maximum atomic E-state index is 5.54. The lowest BCUT2D eigenvalue weighted by Crippen LogP contribution is -2.49. The third kappa shape index (κ3) is 2.86. The van der Waals surface area contributed by atoms with Crippen molar-refractivity contribution in [1.82, 2.24) is 10.2 Å². The van der Waals surface area contributed by atoms with Gasteiger partial charge in [0.05, 0.1) is 12.3 Å². The molecule has 0 saturated heterocycles. The molecule has 1 heterocycles. The summed E-state index contributed by atoms with van der Waals surface area (Å²) in [5.41, 5.74) is 0.0209. The van der Waals surface area contributed by atoms with Crippen molar-refractivity contribution in [3.8, 4) is 0 Å². The third-order valence-electron chi connectivity index (χ3n) is 3.29. The van der Waals surface area contributed by atoms with Crippen molar-refractivity contribution >= 4 is 0 Å². The summed E-state index contributed by atoms with van der Waals surface area (Å²) in [6.07, 6.45) is 2.86. The van der Waals surface area contributed by atoms with E-state index in [0.717, 1.165) is 18.7 Å². The molecule has 0 aliphatic heterocycles. The first-order valence-corrected chi connectivity index (χ1v) is 5.94. The number of rotatable bonds is 6. The molecule has 0 aromatic carbocycles. The van der Waals surface area contributed by atoms with Crippen LogP contribution >= 0.6 is 0 Å². The van der Waals surface area contributed by atoms with E-state index < -0.39 is 0 Å². The zero-order valence-corrected chi connectivity index (χ0v) is 11.1. The van der Waals surface area contributed by atoms with Gasteiger partial charge in [-0.25, -0.2) is 0 Å². The standard InChI is InChI=1S/C13H24N2O/c1-6-9-14-12(11-8-7-10-16-11)13(2,3)15(4)5/h7-8,10,12,14H,6,9H2,1-5H3. The number of nitrogens with one attached hydrogen (secondary N) is 1. The van der Waals surface area contributed by atoms with E-state index in [1.54, 1.807) is 6.26 Å². The molecule has 1 N–H and O–H groups in total. The van der Waals surface area contributed by atoms with Crippen LogP contribution in [0.3, 0.4) is 0 Å². The average molecular weight is 224 g/mol. The minimum Gasteiger partial charge on any atom is -0.468 e. The number of nitrogens with zero attached hydrogens (tertiary/aromatic N) is 1. The first-order valence-electron chi connectivity index (χ1n) is 5.94. The minimum absolute atomic E-state index is 0.0209. The van der Waals surface area contributed by atoms with Gasteiger partial charge in [0.2, 0.25) is 0 Å². The Hall–Kier alpha value is -0.800. The van der Waals surface area contributed by atoms with Crippen molar-refractivity contribution in [3.63, 3.8) is 0 Å². The number of hydrogen-bond donors (Lipinski definition) is 1. The molecule has 0 amide bonds. The van der Waals surface area contributed by atoms with Crippen LogP contribution in [0, 0.1) is 0 Å². The van der Waals surface area contributed by atoms with Gasteiger partial charge < -0.3 is 14.6 Å². The van der Waals surface area contributed by atoms with Gasteiger partial charge in [-0.2, -0.15) is 0 Å². The zero-order valence-electron chi connectivity index (χ0n) is 11.1. The van der Waals surface area contributed by atoms with Crippen LogP contribution in [0.25, 0.3) is 0 Å². The van der Waals surface area contributed by atoms with Gasteiger partial charge in [0.1, 0.15) is 5.76 Å². The maximum absolute atomic E-state index is 5.54. The monoisotopic (exact) mass is 224 g/mol. The van der Waals surface area contributed by atoms with Crippen LogP contribution in [-0.2, 0) is 0 Å². The first kappa shape index (κ1) is 13.3. The van der Waals surface area contributed by atoms with Gasteiger partial charge in [-0.1, -0.05) is 6.92 Å². The van der Waals surface area contributed by atoms with Crippen LogP contribution in [0.15, 0.2) is 22.8 Å². The topological polar surface area (TPSA) is 28.4 Å². The predicted molar refractivity (Wildman–Crippen MR) is 67.5 cm³/mol. The van der Waals surface area contributed by atoms with Crippen LogP contribution in [0.4, 0.5) is 0 Å². The Bertz CT molecular complexity index is 291. The SMILES string of the molecule is CCCNC(c1ccco1)C(C)(C)N(C)C. The highest BCUT2D eigenvalue weighted by atomic mass is 16.3. The lowest BCUT2D eigenvalue weighted by Gasteiger charge is -2.39. The lowest BCUT2D eigenvalue weighted by molar-refractivity contribution is 0.125. The van der Waals surface area contributed by atoms with Crippen molar-refractivity contribution < 1.29 is 4.42 Å². The van der Waals surface area contributed by atoms with Crippen LogP contribution in [0.2, 0.25) is 0 Å². The summed E-state index contributed by atoms with van der Waals surface area (Å²) in [5.74, 6) is 1.01. The molecule has 3 nitrogen and oxygen atoms in total. The fourth-order valence-corrected chi connectivity index (χ4v) is 1.70. The average Bonchev–Trinajstić information content (AvgIpc) is 2.71. The molecule has 0 radical (unpaired) electrons. The van der Waals surface area contributed by atoms with Crippen LogP contribution in [0.5, 0.6) is 0 Å². The minimum atomic E-state index is 0.0209. The van der Waals surface area contributed by atoms with Crippen molar-refractivity contribution in [1.29, 1.82) is 0 Å². The van der Waals surface area contributed by atoms with Crippen molar-refractivity contribution in [2.24, 2.45) is 0 Å². The van der Waals surface area contributed by atoms with Crippen LogP contribution in [-0.4, -0.2) is 31.1 Å². The van der Waals surface area contributed by atoms with Crippen molar-refractivity contribution in [2.45, 2.75) is 38.8 Å². The molecule has 1 rings (SSSR count). The smallest absolute Gasteiger partial charge is 0.122 e. The van der Waals surface area contributed by atoms with E-state index in [1.807, 2.05) is 12.1 Å². The second kappa shape index (κ2) is 5.51. The summed E-state index contributed by atoms with van der Waals surface area (Å²) in [5, 5.41) is 3.56. The van der Waals surface area contributed by atoms with Crippen molar-refractivity contribution in [3.05, 3.63) is 24.2 Å². The Morgan fingerprint density at radius 3 is 2.56 bits per heavy atom. The van der Waals surface area contributed by atoms with E-state index in [1.165, 1.54) is 0 Å². The van der Waals surface area contributed by atoms with E-state index in [-0.39, 0.29) is 11.6 Å². The quantitative estimate of drug-likeness (QED) is 0.805. The van der Waals surface area contributed by atoms with E-state index >= 15 is 0 Å². The van der Waals surface area contributed by atoms with E-state index in [2.05, 4.69) is 45.1 Å². The molecule has 0 saturated carbocycles. The largest absolute Gasteiger partial charge is 0.468 e. The van der Waals surface area contributed by atoms with Gasteiger partial charge >= 0.3 is 0 Å². The van der Waals surface area contributed by atoms with Gasteiger partial charge in [-0.3, -0.25) is 0 Å². The normalized spacial score (nSPS) is 14.4. The van der Waals surface area contributed by atoms with Gasteiger partial charge in [0.15, 0.2) is 0 Å². The molecular weight excluding hydrogens is 200 g/mol. The Morgan fingerprint density at radius 2 is 2.12 bits per heavy atom. The molecule has 3 heteroatoms. The molecule has 0 aliphatic carbocycles. The number of furan rings is 1. The molecule has 0 spiro atoms. The predicted octanol–water partition coefficient (Wildman–Crippen LogP) is 2.66. The maximum Gasteiger partial charge on any atom is 0.122 e. The fourth-order valence-electron chi connectivity index (χ4n) is 1.70.